The van der Waals surface area contributed by atoms with Gasteiger partial charge in [0.1, 0.15) is 12.3 Å². The number of fused-ring (bicyclic) bond motifs is 1. The van der Waals surface area contributed by atoms with Gasteiger partial charge in [-0.25, -0.2) is 10.0 Å². The molecule has 0 unspecified atom stereocenters. The highest BCUT2D eigenvalue weighted by Gasteiger charge is 2.47. The molecule has 2 aliphatic rings. The summed E-state index contributed by atoms with van der Waals surface area (Å²) in [5, 5.41) is 12.2. The molecule has 2 saturated heterocycles. The second-order valence-corrected chi connectivity index (χ2v) is 6.99. The van der Waals surface area contributed by atoms with E-state index >= 15 is 0 Å². The van der Waals surface area contributed by atoms with Crippen LogP contribution in [0.15, 0.2) is 48.5 Å². The van der Waals surface area contributed by atoms with Gasteiger partial charge in [0.2, 0.25) is 0 Å². The Labute approximate surface area is 152 Å². The SMILES string of the molecule is Cc1ccc([C@@H]2NC(=S)N3[C@H](c4ccc(C)cc4)NC(=S)N23)cc1. The lowest BCUT2D eigenvalue weighted by Gasteiger charge is -2.26. The zero-order valence-corrected chi connectivity index (χ0v) is 15.1. The summed E-state index contributed by atoms with van der Waals surface area (Å²) < 4.78 is 0. The van der Waals surface area contributed by atoms with Crippen LogP contribution in [0.2, 0.25) is 0 Å². The van der Waals surface area contributed by atoms with Gasteiger partial charge < -0.3 is 10.6 Å². The van der Waals surface area contributed by atoms with E-state index in [1.165, 1.54) is 11.1 Å². The number of nitrogens with zero attached hydrogens (tertiary/aromatic N) is 2. The van der Waals surface area contributed by atoms with Gasteiger partial charge in [0, 0.05) is 0 Å². The lowest BCUT2D eigenvalue weighted by molar-refractivity contribution is 0.114. The van der Waals surface area contributed by atoms with Crippen molar-refractivity contribution in [1.29, 1.82) is 0 Å². The predicted octanol–water partition coefficient (Wildman–Crippen LogP) is 3.30. The summed E-state index contributed by atoms with van der Waals surface area (Å²) >= 11 is 11.2. The molecule has 2 N–H and O–H groups in total. The highest BCUT2D eigenvalue weighted by atomic mass is 32.1. The van der Waals surface area contributed by atoms with Crippen LogP contribution in [-0.2, 0) is 0 Å². The lowest BCUT2D eigenvalue weighted by atomic mass is 10.1. The third-order valence-electron chi connectivity index (χ3n) is 4.44. The molecule has 0 aromatic heterocycles. The molecule has 2 fully saturated rings. The monoisotopic (exact) mass is 354 g/mol. The molecule has 2 heterocycles. The van der Waals surface area contributed by atoms with Crippen molar-refractivity contribution in [2.75, 3.05) is 0 Å². The molecular formula is C18H18N4S2. The Morgan fingerprint density at radius 1 is 0.667 bits per heavy atom. The largest absolute Gasteiger partial charge is 0.336 e. The molecule has 2 aromatic carbocycles. The second kappa shape index (κ2) is 5.72. The van der Waals surface area contributed by atoms with Crippen LogP contribution in [0.4, 0.5) is 0 Å². The highest BCUT2D eigenvalue weighted by molar-refractivity contribution is 7.80. The molecule has 0 amide bonds. The van der Waals surface area contributed by atoms with Crippen LogP contribution in [-0.4, -0.2) is 20.2 Å². The van der Waals surface area contributed by atoms with Crippen LogP contribution in [0, 0.1) is 13.8 Å². The molecule has 2 aromatic rings. The van der Waals surface area contributed by atoms with Crippen molar-refractivity contribution >= 4 is 34.7 Å². The summed E-state index contributed by atoms with van der Waals surface area (Å²) in [5.74, 6) is 0. The second-order valence-electron chi connectivity index (χ2n) is 6.21. The van der Waals surface area contributed by atoms with E-state index in [2.05, 4.69) is 73.0 Å². The normalized spacial score (nSPS) is 22.4. The molecule has 24 heavy (non-hydrogen) atoms. The van der Waals surface area contributed by atoms with Crippen LogP contribution >= 0.6 is 24.4 Å². The van der Waals surface area contributed by atoms with Crippen molar-refractivity contribution in [2.24, 2.45) is 0 Å². The van der Waals surface area contributed by atoms with Crippen molar-refractivity contribution in [2.45, 2.75) is 26.2 Å². The van der Waals surface area contributed by atoms with Crippen molar-refractivity contribution in [3.63, 3.8) is 0 Å². The number of aryl methyl sites for hydroxylation is 2. The number of hydrogen-bond acceptors (Lipinski definition) is 2. The summed E-state index contributed by atoms with van der Waals surface area (Å²) in [5.41, 5.74) is 4.74. The first-order chi connectivity index (χ1) is 11.5. The number of hydrogen-bond donors (Lipinski definition) is 2. The molecule has 0 spiro atoms. The molecule has 2 atom stereocenters. The van der Waals surface area contributed by atoms with Crippen molar-refractivity contribution in [1.82, 2.24) is 20.7 Å². The lowest BCUT2D eigenvalue weighted by Crippen LogP contribution is -2.36. The Bertz CT molecular complexity index is 731. The average Bonchev–Trinajstić information content (AvgIpc) is 3.08. The minimum atomic E-state index is -0.0754. The van der Waals surface area contributed by atoms with Gasteiger partial charge in [0.15, 0.2) is 10.2 Å². The van der Waals surface area contributed by atoms with E-state index in [0.717, 1.165) is 11.1 Å². The van der Waals surface area contributed by atoms with Crippen molar-refractivity contribution < 1.29 is 0 Å². The van der Waals surface area contributed by atoms with Gasteiger partial charge in [-0.3, -0.25) is 0 Å². The maximum Gasteiger partial charge on any atom is 0.192 e. The van der Waals surface area contributed by atoms with E-state index < -0.39 is 0 Å². The van der Waals surface area contributed by atoms with Crippen molar-refractivity contribution in [3.05, 3.63) is 70.8 Å². The number of hydrazine groups is 1. The average molecular weight is 355 g/mol. The molecule has 0 aliphatic carbocycles. The van der Waals surface area contributed by atoms with Crippen LogP contribution in [0.3, 0.4) is 0 Å². The molecular weight excluding hydrogens is 336 g/mol. The topological polar surface area (TPSA) is 30.5 Å². The fourth-order valence-electron chi connectivity index (χ4n) is 3.11. The fourth-order valence-corrected chi connectivity index (χ4v) is 3.72. The molecule has 4 nitrogen and oxygen atoms in total. The van der Waals surface area contributed by atoms with Gasteiger partial charge in [-0.15, -0.1) is 0 Å². The zero-order valence-electron chi connectivity index (χ0n) is 13.5. The molecule has 2 aliphatic heterocycles. The summed E-state index contributed by atoms with van der Waals surface area (Å²) in [4.78, 5) is 0. The van der Waals surface area contributed by atoms with E-state index in [4.69, 9.17) is 24.4 Å². The summed E-state index contributed by atoms with van der Waals surface area (Å²) in [6, 6.07) is 16.9. The highest BCUT2D eigenvalue weighted by Crippen LogP contribution is 2.36. The fraction of sp³-hybridized carbons (Fsp3) is 0.222. The number of nitrogens with one attached hydrogen (secondary N) is 2. The van der Waals surface area contributed by atoms with Gasteiger partial charge in [-0.2, -0.15) is 0 Å². The Morgan fingerprint density at radius 2 is 1.00 bits per heavy atom. The number of benzene rings is 2. The van der Waals surface area contributed by atoms with E-state index in [-0.39, 0.29) is 12.3 Å². The van der Waals surface area contributed by atoms with Crippen molar-refractivity contribution in [3.8, 4) is 0 Å². The maximum absolute atomic E-state index is 5.59. The molecule has 0 radical (unpaired) electrons. The molecule has 0 saturated carbocycles. The van der Waals surface area contributed by atoms with Crippen LogP contribution in [0.5, 0.6) is 0 Å². The summed E-state index contributed by atoms with van der Waals surface area (Å²) in [6.45, 7) is 4.16. The molecule has 0 bridgehead atoms. The minimum Gasteiger partial charge on any atom is -0.336 e. The van der Waals surface area contributed by atoms with Gasteiger partial charge in [0.05, 0.1) is 0 Å². The van der Waals surface area contributed by atoms with Crippen LogP contribution < -0.4 is 10.6 Å². The van der Waals surface area contributed by atoms with Gasteiger partial charge in [-0.05, 0) is 49.4 Å². The quantitative estimate of drug-likeness (QED) is 0.805. The maximum atomic E-state index is 5.59. The van der Waals surface area contributed by atoms with Crippen LogP contribution in [0.25, 0.3) is 0 Å². The zero-order chi connectivity index (χ0) is 16.8. The van der Waals surface area contributed by atoms with E-state index in [0.29, 0.717) is 10.2 Å². The van der Waals surface area contributed by atoms with Gasteiger partial charge in [-0.1, -0.05) is 59.7 Å². The van der Waals surface area contributed by atoms with E-state index in [1.807, 2.05) is 10.0 Å². The Morgan fingerprint density at radius 3 is 1.33 bits per heavy atom. The van der Waals surface area contributed by atoms with E-state index in [9.17, 15) is 0 Å². The Kier molecular flexibility index (Phi) is 3.66. The molecule has 6 heteroatoms. The first kappa shape index (κ1) is 15.4. The number of thiocarbonyl (C=S) groups is 2. The van der Waals surface area contributed by atoms with Gasteiger partial charge in [0.25, 0.3) is 0 Å². The first-order valence-electron chi connectivity index (χ1n) is 7.87. The van der Waals surface area contributed by atoms with Crippen LogP contribution in [0.1, 0.15) is 34.6 Å². The summed E-state index contributed by atoms with van der Waals surface area (Å²) in [6.07, 6.45) is -0.151. The standard InChI is InChI=1S/C18H18N4S2/c1-11-3-7-13(8-4-11)15-19-17(23)22-16(20-18(24)21(15)22)14-9-5-12(2)6-10-14/h3-10,15-16H,1-2H3,(H,19,23)(H,20,24)/t15-,16-/m1/s1. The predicted molar refractivity (Wildman–Crippen MR) is 103 cm³/mol. The summed E-state index contributed by atoms with van der Waals surface area (Å²) in [7, 11) is 0. The third-order valence-corrected chi connectivity index (χ3v) is 5.05. The Balaban J connectivity index is 1.68. The first-order valence-corrected chi connectivity index (χ1v) is 8.69. The molecule has 122 valence electrons. The van der Waals surface area contributed by atoms with E-state index in [1.54, 1.807) is 0 Å². The third kappa shape index (κ3) is 2.42. The Hall–Kier alpha value is -2.18. The van der Waals surface area contributed by atoms with Gasteiger partial charge >= 0.3 is 0 Å². The minimum absolute atomic E-state index is 0.0754. The smallest absolute Gasteiger partial charge is 0.192 e. The number of rotatable bonds is 2. The molecule has 4 rings (SSSR count).